The lowest BCUT2D eigenvalue weighted by Crippen LogP contribution is -2.11. The van der Waals surface area contributed by atoms with Gasteiger partial charge in [-0.15, -0.1) is 11.3 Å². The highest BCUT2D eigenvalue weighted by Crippen LogP contribution is 2.19. The molecule has 0 radical (unpaired) electrons. The van der Waals surface area contributed by atoms with Crippen molar-refractivity contribution in [2.24, 2.45) is 0 Å². The smallest absolute Gasteiger partial charge is 0.257 e. The molecule has 0 unspecified atom stereocenters. The van der Waals surface area contributed by atoms with Gasteiger partial charge in [-0.1, -0.05) is 23.9 Å². The summed E-state index contributed by atoms with van der Waals surface area (Å²) in [4.78, 5) is 34.5. The average molecular weight is 358 g/mol. The molecule has 2 aromatic heterocycles. The fourth-order valence-corrected chi connectivity index (χ4v) is 3.38. The van der Waals surface area contributed by atoms with E-state index in [1.54, 1.807) is 30.6 Å². The van der Waals surface area contributed by atoms with Crippen LogP contribution in [0.4, 0.5) is 5.13 Å². The minimum absolute atomic E-state index is 0.154. The van der Waals surface area contributed by atoms with Crippen molar-refractivity contribution in [1.82, 2.24) is 15.0 Å². The van der Waals surface area contributed by atoms with E-state index in [0.29, 0.717) is 27.3 Å². The van der Waals surface area contributed by atoms with Gasteiger partial charge in [0.1, 0.15) is 0 Å². The molecule has 1 amide bonds. The summed E-state index contributed by atoms with van der Waals surface area (Å²) in [6.07, 6.45) is 1.64. The van der Waals surface area contributed by atoms with E-state index in [0.717, 1.165) is 5.56 Å². The van der Waals surface area contributed by atoms with Gasteiger partial charge in [-0.05, 0) is 24.6 Å². The molecule has 0 saturated heterocycles. The van der Waals surface area contributed by atoms with Crippen molar-refractivity contribution < 1.29 is 4.79 Å². The number of hydrogen-bond acceptors (Lipinski definition) is 6. The first-order valence-electron chi connectivity index (χ1n) is 7.11. The number of aromatic nitrogens is 3. The maximum atomic E-state index is 12.1. The Morgan fingerprint density at radius 1 is 1.33 bits per heavy atom. The molecule has 3 rings (SSSR count). The lowest BCUT2D eigenvalue weighted by Gasteiger charge is -2.05. The summed E-state index contributed by atoms with van der Waals surface area (Å²) in [5.41, 5.74) is 2.14. The van der Waals surface area contributed by atoms with Gasteiger partial charge in [0.2, 0.25) is 0 Å². The first-order valence-corrected chi connectivity index (χ1v) is 8.97. The van der Waals surface area contributed by atoms with Crippen LogP contribution < -0.4 is 10.9 Å². The van der Waals surface area contributed by atoms with Gasteiger partial charge in [0, 0.05) is 34.7 Å². The highest BCUT2D eigenvalue weighted by Gasteiger charge is 2.07. The summed E-state index contributed by atoms with van der Waals surface area (Å²) < 4.78 is 0. The number of thioether (sulfide) groups is 1. The summed E-state index contributed by atoms with van der Waals surface area (Å²) >= 11 is 2.82. The van der Waals surface area contributed by atoms with E-state index in [1.807, 2.05) is 12.1 Å². The first-order chi connectivity index (χ1) is 11.6. The third-order valence-electron chi connectivity index (χ3n) is 3.09. The minimum Gasteiger partial charge on any atom is -0.301 e. The number of amides is 1. The number of anilines is 1. The lowest BCUT2D eigenvalue weighted by molar-refractivity contribution is 0.102. The van der Waals surface area contributed by atoms with Crippen LogP contribution >= 0.6 is 23.1 Å². The quantitative estimate of drug-likeness (QED) is 0.540. The van der Waals surface area contributed by atoms with E-state index in [-0.39, 0.29) is 11.5 Å². The summed E-state index contributed by atoms with van der Waals surface area (Å²) in [7, 11) is 0. The van der Waals surface area contributed by atoms with Gasteiger partial charge < -0.3 is 4.98 Å². The second kappa shape index (κ2) is 7.41. The monoisotopic (exact) mass is 358 g/mol. The highest BCUT2D eigenvalue weighted by atomic mass is 32.2. The van der Waals surface area contributed by atoms with Crippen LogP contribution in [-0.2, 0) is 5.75 Å². The summed E-state index contributed by atoms with van der Waals surface area (Å²) in [5, 5.41) is 5.71. The second-order valence-electron chi connectivity index (χ2n) is 4.97. The van der Waals surface area contributed by atoms with Crippen LogP contribution in [0.1, 0.15) is 21.6 Å². The van der Waals surface area contributed by atoms with Gasteiger partial charge in [-0.3, -0.25) is 14.9 Å². The maximum Gasteiger partial charge on any atom is 0.257 e. The van der Waals surface area contributed by atoms with Gasteiger partial charge in [-0.2, -0.15) is 0 Å². The van der Waals surface area contributed by atoms with E-state index in [2.05, 4.69) is 20.3 Å². The maximum absolute atomic E-state index is 12.1. The Balaban J connectivity index is 1.62. The molecule has 0 atom stereocenters. The SMILES string of the molecule is Cc1cc(=O)[nH]c(SCc2ccc(C(=O)Nc3nccs3)cc2)n1. The lowest BCUT2D eigenvalue weighted by atomic mass is 10.1. The van der Waals surface area contributed by atoms with Crippen LogP contribution in [0.5, 0.6) is 0 Å². The molecule has 3 aromatic rings. The molecular formula is C16H14N4O2S2. The molecule has 0 bridgehead atoms. The molecule has 0 fully saturated rings. The largest absolute Gasteiger partial charge is 0.301 e. The van der Waals surface area contributed by atoms with Crippen molar-refractivity contribution >= 4 is 34.1 Å². The molecule has 122 valence electrons. The number of aryl methyl sites for hydroxylation is 1. The van der Waals surface area contributed by atoms with E-state index in [1.165, 1.54) is 29.2 Å². The second-order valence-corrected chi connectivity index (χ2v) is 6.83. The Bertz CT molecular complexity index is 889. The van der Waals surface area contributed by atoms with Crippen molar-refractivity contribution in [2.75, 3.05) is 5.32 Å². The third kappa shape index (κ3) is 4.30. The third-order valence-corrected chi connectivity index (χ3v) is 4.73. The number of carbonyl (C=O) groups excluding carboxylic acids is 1. The standard InChI is InChI=1S/C16H14N4O2S2/c1-10-8-13(21)19-16(18-10)24-9-11-2-4-12(5-3-11)14(22)20-15-17-6-7-23-15/h2-8H,9H2,1H3,(H,17,20,22)(H,18,19,21). The van der Waals surface area contributed by atoms with Gasteiger partial charge in [-0.25, -0.2) is 9.97 Å². The minimum atomic E-state index is -0.186. The molecule has 0 aliphatic rings. The van der Waals surface area contributed by atoms with Gasteiger partial charge in [0.05, 0.1) is 0 Å². The topological polar surface area (TPSA) is 87.7 Å². The van der Waals surface area contributed by atoms with E-state index in [9.17, 15) is 9.59 Å². The number of hydrogen-bond donors (Lipinski definition) is 2. The van der Waals surface area contributed by atoms with Gasteiger partial charge >= 0.3 is 0 Å². The number of aromatic amines is 1. The average Bonchev–Trinajstić information content (AvgIpc) is 3.05. The van der Waals surface area contributed by atoms with Crippen molar-refractivity contribution in [3.63, 3.8) is 0 Å². The molecule has 2 N–H and O–H groups in total. The van der Waals surface area contributed by atoms with Crippen molar-refractivity contribution in [1.29, 1.82) is 0 Å². The summed E-state index contributed by atoms with van der Waals surface area (Å²) in [6.45, 7) is 1.79. The Labute approximate surface area is 146 Å². The van der Waals surface area contributed by atoms with Crippen LogP contribution in [0.25, 0.3) is 0 Å². The van der Waals surface area contributed by atoms with Crippen LogP contribution in [0.2, 0.25) is 0 Å². The molecule has 24 heavy (non-hydrogen) atoms. The van der Waals surface area contributed by atoms with Gasteiger partial charge in [0.25, 0.3) is 11.5 Å². The van der Waals surface area contributed by atoms with Crippen LogP contribution in [0, 0.1) is 6.92 Å². The Morgan fingerprint density at radius 3 is 2.79 bits per heavy atom. The predicted molar refractivity (Wildman–Crippen MR) is 95.7 cm³/mol. The highest BCUT2D eigenvalue weighted by molar-refractivity contribution is 7.98. The Morgan fingerprint density at radius 2 is 2.12 bits per heavy atom. The van der Waals surface area contributed by atoms with Crippen molar-refractivity contribution in [3.8, 4) is 0 Å². The van der Waals surface area contributed by atoms with E-state index < -0.39 is 0 Å². The molecule has 0 aliphatic carbocycles. The van der Waals surface area contributed by atoms with E-state index >= 15 is 0 Å². The Hall–Kier alpha value is -2.45. The fourth-order valence-electron chi connectivity index (χ4n) is 1.98. The number of nitrogens with one attached hydrogen (secondary N) is 2. The normalized spacial score (nSPS) is 10.5. The number of rotatable bonds is 5. The zero-order valence-electron chi connectivity index (χ0n) is 12.8. The molecular weight excluding hydrogens is 344 g/mol. The van der Waals surface area contributed by atoms with E-state index in [4.69, 9.17) is 0 Å². The van der Waals surface area contributed by atoms with Crippen molar-refractivity contribution in [2.45, 2.75) is 17.8 Å². The number of H-pyrrole nitrogens is 1. The molecule has 2 heterocycles. The number of benzene rings is 1. The predicted octanol–water partition coefficient (Wildman–Crippen LogP) is 3.08. The number of nitrogens with zero attached hydrogens (tertiary/aromatic N) is 2. The number of carbonyl (C=O) groups is 1. The van der Waals surface area contributed by atoms with Crippen LogP contribution in [0.3, 0.4) is 0 Å². The molecule has 0 saturated carbocycles. The summed E-state index contributed by atoms with van der Waals surface area (Å²) in [6, 6.07) is 8.77. The molecule has 8 heteroatoms. The van der Waals surface area contributed by atoms with Crippen LogP contribution in [0.15, 0.2) is 51.9 Å². The van der Waals surface area contributed by atoms with Crippen molar-refractivity contribution in [3.05, 3.63) is 69.1 Å². The van der Waals surface area contributed by atoms with Crippen LogP contribution in [-0.4, -0.2) is 20.9 Å². The molecule has 0 spiro atoms. The fraction of sp³-hybridized carbons (Fsp3) is 0.125. The zero-order valence-corrected chi connectivity index (χ0v) is 14.4. The molecule has 1 aromatic carbocycles. The molecule has 6 nitrogen and oxygen atoms in total. The Kier molecular flexibility index (Phi) is 5.07. The first kappa shape index (κ1) is 16.4. The van der Waals surface area contributed by atoms with Gasteiger partial charge in [0.15, 0.2) is 10.3 Å². The molecule has 0 aliphatic heterocycles. The summed E-state index contributed by atoms with van der Waals surface area (Å²) in [5.74, 6) is 0.467. The zero-order chi connectivity index (χ0) is 16.9. The number of thiazole rings is 1.